The molecule has 0 N–H and O–H groups in total. The van der Waals surface area contributed by atoms with Crippen molar-refractivity contribution < 1.29 is 105 Å². The number of rotatable bonds is 9. The maximum atomic E-state index is 4.41. The van der Waals surface area contributed by atoms with Gasteiger partial charge in [0.15, 0.2) is 0 Å². The topological polar surface area (TPSA) is 89.1 Å². The molecule has 0 aliphatic rings. The van der Waals surface area contributed by atoms with Crippen molar-refractivity contribution in [1.29, 1.82) is 0 Å². The molecule has 0 bridgehead atoms. The van der Waals surface area contributed by atoms with Crippen LogP contribution in [0.1, 0.15) is 84.0 Å². The zero-order valence-electron chi connectivity index (χ0n) is 43.3. The summed E-state index contributed by atoms with van der Waals surface area (Å²) in [5, 5.41) is 21.6. The summed E-state index contributed by atoms with van der Waals surface area (Å²) in [5.41, 5.74) is 17.4. The summed E-state index contributed by atoms with van der Waals surface area (Å²) < 4.78 is 9.66. The molecule has 10 rings (SSSR count). The van der Waals surface area contributed by atoms with Crippen molar-refractivity contribution in [3.63, 3.8) is 0 Å². The maximum Gasteiger partial charge on any atom is 0.0528 e. The average molecular weight is 1890 g/mol. The number of aryl methyl sites for hydroxylation is 5. The first-order valence-electron chi connectivity index (χ1n) is 23.6. The van der Waals surface area contributed by atoms with E-state index in [9.17, 15) is 0 Å². The second-order valence-electron chi connectivity index (χ2n) is 16.2. The van der Waals surface area contributed by atoms with Gasteiger partial charge in [-0.15, -0.1) is 30.3 Å². The molecule has 0 unspecified atom stereocenters. The summed E-state index contributed by atoms with van der Waals surface area (Å²) in [5.74, 6) is 0. The summed E-state index contributed by atoms with van der Waals surface area (Å²) in [4.78, 5) is 0. The van der Waals surface area contributed by atoms with Gasteiger partial charge in [-0.3, -0.25) is 23.4 Å². The Labute approximate surface area is 511 Å². The molecule has 74 heavy (non-hydrogen) atoms. The van der Waals surface area contributed by atoms with E-state index in [2.05, 4.69) is 125 Å². The Balaban J connectivity index is 0.000000455. The molecule has 15 heteroatoms. The van der Waals surface area contributed by atoms with Gasteiger partial charge in [0.25, 0.3) is 0 Å². The molecular formula is C59H63N10Pt5-5. The van der Waals surface area contributed by atoms with Crippen LogP contribution in [0.25, 0.3) is 28.4 Å². The van der Waals surface area contributed by atoms with E-state index >= 15 is 0 Å². The number of aromatic nitrogens is 10. The fourth-order valence-electron chi connectivity index (χ4n) is 7.46. The monoisotopic (exact) mass is 1890 g/mol. The fourth-order valence-corrected chi connectivity index (χ4v) is 7.46. The molecule has 0 fully saturated rings. The van der Waals surface area contributed by atoms with Crippen molar-refractivity contribution in [2.45, 2.75) is 94.9 Å². The van der Waals surface area contributed by atoms with Crippen molar-refractivity contribution >= 4 is 0 Å². The molecule has 10 aromatic rings. The molecule has 0 radical (unpaired) electrons. The Morgan fingerprint density at radius 2 is 0.595 bits per heavy atom. The third kappa shape index (κ3) is 18.1. The van der Waals surface area contributed by atoms with Crippen LogP contribution in [0.3, 0.4) is 0 Å². The van der Waals surface area contributed by atoms with Crippen molar-refractivity contribution in [3.05, 3.63) is 239 Å². The molecule has 10 nitrogen and oxygen atoms in total. The number of benzene rings is 5. The Morgan fingerprint density at radius 3 is 0.892 bits per heavy atom. The molecule has 0 atom stereocenters. The van der Waals surface area contributed by atoms with E-state index < -0.39 is 0 Å². The number of para-hydroxylation sites is 5. The van der Waals surface area contributed by atoms with Crippen LogP contribution in [-0.4, -0.2) is 48.9 Å². The zero-order chi connectivity index (χ0) is 49.1. The van der Waals surface area contributed by atoms with E-state index in [0.717, 1.165) is 54.1 Å². The van der Waals surface area contributed by atoms with Gasteiger partial charge in [-0.2, -0.15) is 147 Å². The van der Waals surface area contributed by atoms with Crippen LogP contribution in [0.15, 0.2) is 152 Å². The Bertz CT molecular complexity index is 2970. The maximum absolute atomic E-state index is 4.41. The van der Waals surface area contributed by atoms with Gasteiger partial charge in [-0.25, -0.2) is 0 Å². The molecule has 0 aliphatic heterocycles. The summed E-state index contributed by atoms with van der Waals surface area (Å²) in [6, 6.07) is 55.2. The molecule has 5 aromatic carbocycles. The van der Waals surface area contributed by atoms with Crippen LogP contribution >= 0.6 is 0 Å². The van der Waals surface area contributed by atoms with Crippen LogP contribution in [0.2, 0.25) is 0 Å². The molecule has 5 heterocycles. The minimum absolute atomic E-state index is 0. The summed E-state index contributed by atoms with van der Waals surface area (Å²) in [6.45, 7) is 21.0. The van der Waals surface area contributed by atoms with Crippen molar-refractivity contribution in [2.75, 3.05) is 0 Å². The molecule has 0 spiro atoms. The van der Waals surface area contributed by atoms with Crippen LogP contribution in [0.5, 0.6) is 0 Å². The molecular weight excluding hydrogens is 1820 g/mol. The van der Waals surface area contributed by atoms with Crippen LogP contribution in [-0.2, 0) is 131 Å². The third-order valence-corrected chi connectivity index (χ3v) is 11.7. The number of nitrogens with zero attached hydrogens (tertiary/aromatic N) is 10. The molecule has 0 saturated carbocycles. The summed E-state index contributed by atoms with van der Waals surface area (Å²) in [7, 11) is 0. The second kappa shape index (κ2) is 35.0. The second-order valence-corrected chi connectivity index (χ2v) is 16.2. The van der Waals surface area contributed by atoms with Gasteiger partial charge >= 0.3 is 0 Å². The molecule has 0 saturated heterocycles. The largest absolute Gasteiger partial charge is 0.263 e. The van der Waals surface area contributed by atoms with Crippen molar-refractivity contribution in [3.8, 4) is 28.4 Å². The predicted octanol–water partition coefficient (Wildman–Crippen LogP) is 12.5. The van der Waals surface area contributed by atoms with E-state index in [1.54, 1.807) is 0 Å². The van der Waals surface area contributed by atoms with E-state index in [4.69, 9.17) is 0 Å². The average Bonchev–Trinajstić information content (AvgIpc) is 4.25. The molecule has 5 aromatic heterocycles. The van der Waals surface area contributed by atoms with Gasteiger partial charge in [0.2, 0.25) is 0 Å². The standard InChI is InChI=1S/C13H15N2.2C12H13N2.2C11H11N2.5Pt/c1-3-11-10-14-15(13(11)4-2)12-8-6-5-7-9-12;1-3-11-9-13-14(10(11)2)12-7-5-4-6-8-12;1-3-12-10(2)9-13-14(12)11-7-5-4-6-8-11;2*1-9-8-12-13(10(9)2)11-6-4-3-5-7-11;;;;;/h5-8,10H,3-4H2,1-2H3;2*4-7,9H,3H2,1-2H3;2*3-6,8H,1-2H3;;;;;/q5*-1;;;;;. The third-order valence-electron chi connectivity index (χ3n) is 11.7. The zero-order valence-corrected chi connectivity index (χ0v) is 54.7. The Hall–Kier alpha value is -4.41. The number of hydrogen-bond donors (Lipinski definition) is 0. The summed E-state index contributed by atoms with van der Waals surface area (Å²) in [6.07, 6.45) is 13.6. The van der Waals surface area contributed by atoms with Gasteiger partial charge in [0, 0.05) is 134 Å². The SMILES string of the molecule is CCc1c(C)cnn1-c1[c-]cccc1.CCc1cnn(-c2[c-]cccc2)c1C.CCc1cnn(-c2[c-]cccc2)c1CC.Cc1cnn(-c2[c-]cccc2)c1C.Cc1cnn(-c2[c-]cccc2)c1C.[Pt].[Pt].[Pt].[Pt].[Pt]. The van der Waals surface area contributed by atoms with Gasteiger partial charge in [-0.1, -0.05) is 27.7 Å². The predicted molar refractivity (Wildman–Crippen MR) is 278 cm³/mol. The van der Waals surface area contributed by atoms with Crippen LogP contribution in [0, 0.1) is 71.9 Å². The Morgan fingerprint density at radius 1 is 0.311 bits per heavy atom. The van der Waals surface area contributed by atoms with E-state index in [0.29, 0.717) is 0 Å². The minimum Gasteiger partial charge on any atom is -0.263 e. The Kier molecular flexibility index (Phi) is 32.0. The molecule has 404 valence electrons. The number of hydrogen-bond acceptors (Lipinski definition) is 5. The van der Waals surface area contributed by atoms with E-state index in [1.165, 1.54) is 56.3 Å². The van der Waals surface area contributed by atoms with Crippen LogP contribution in [0.4, 0.5) is 0 Å². The van der Waals surface area contributed by atoms with Crippen LogP contribution < -0.4 is 0 Å². The quantitative estimate of drug-likeness (QED) is 0.134. The van der Waals surface area contributed by atoms with Crippen molar-refractivity contribution in [2.24, 2.45) is 0 Å². The van der Waals surface area contributed by atoms with Gasteiger partial charge in [0.1, 0.15) is 0 Å². The molecule has 0 amide bonds. The summed E-state index contributed by atoms with van der Waals surface area (Å²) >= 11 is 0. The van der Waals surface area contributed by atoms with E-state index in [1.807, 2.05) is 176 Å². The first-order valence-corrected chi connectivity index (χ1v) is 23.6. The van der Waals surface area contributed by atoms with Gasteiger partial charge in [-0.05, 0) is 123 Å². The van der Waals surface area contributed by atoms with Crippen molar-refractivity contribution in [1.82, 2.24) is 48.9 Å². The fraction of sp³-hybridized carbons (Fsp3) is 0.237. The molecule has 0 aliphatic carbocycles. The van der Waals surface area contributed by atoms with Gasteiger partial charge < -0.3 is 0 Å². The smallest absolute Gasteiger partial charge is 0.0528 e. The minimum atomic E-state index is 0. The van der Waals surface area contributed by atoms with E-state index in [-0.39, 0.29) is 105 Å². The first kappa shape index (κ1) is 67.6. The first-order chi connectivity index (χ1) is 33.6. The normalized spacial score (nSPS) is 9.70. The van der Waals surface area contributed by atoms with Gasteiger partial charge in [0.05, 0.1) is 31.0 Å².